The number of nitrogens with two attached hydrogens (primary N) is 1. The highest BCUT2D eigenvalue weighted by Crippen LogP contribution is 2.55. The Labute approximate surface area is 252 Å². The number of nitrogens with zero attached hydrogens (tertiary/aromatic N) is 2. The van der Waals surface area contributed by atoms with E-state index in [2.05, 4.69) is 10.2 Å². The molecule has 1 atom stereocenters. The number of fused-ring (bicyclic) bond motifs is 2. The molecule has 1 amide bonds. The monoisotopic (exact) mass is 612 g/mol. The normalized spacial score (nSPS) is 18.4. The van der Waals surface area contributed by atoms with Gasteiger partial charge in [-0.1, -0.05) is 43.6 Å². The van der Waals surface area contributed by atoms with Crippen molar-refractivity contribution < 1.29 is 17.6 Å². The predicted octanol–water partition coefficient (Wildman–Crippen LogP) is 5.33. The van der Waals surface area contributed by atoms with E-state index in [0.29, 0.717) is 22.8 Å². The fourth-order valence-corrected chi connectivity index (χ4v) is 8.76. The van der Waals surface area contributed by atoms with E-state index in [9.17, 15) is 17.6 Å². The molecule has 2 heterocycles. The summed E-state index contributed by atoms with van der Waals surface area (Å²) in [5.74, 6) is -0.778. The molecule has 0 saturated carbocycles. The van der Waals surface area contributed by atoms with Gasteiger partial charge in [0.25, 0.3) is 15.9 Å². The highest BCUT2D eigenvalue weighted by atomic mass is 35.5. The third-order valence-electron chi connectivity index (χ3n) is 8.68. The van der Waals surface area contributed by atoms with Gasteiger partial charge in [-0.25, -0.2) is 12.8 Å². The molecular weight excluding hydrogens is 575 g/mol. The topological polar surface area (TPSA) is 95.7 Å². The van der Waals surface area contributed by atoms with Crippen molar-refractivity contribution in [2.24, 2.45) is 11.7 Å². The van der Waals surface area contributed by atoms with Gasteiger partial charge >= 0.3 is 0 Å². The van der Waals surface area contributed by atoms with E-state index in [0.717, 1.165) is 50.0 Å². The second-order valence-corrected chi connectivity index (χ2v) is 13.8. The van der Waals surface area contributed by atoms with Crippen LogP contribution in [-0.4, -0.2) is 51.4 Å². The Kier molecular flexibility index (Phi) is 8.94. The highest BCUT2D eigenvalue weighted by Gasteiger charge is 2.56. The molecule has 0 aromatic heterocycles. The van der Waals surface area contributed by atoms with Gasteiger partial charge in [0.05, 0.1) is 16.6 Å². The molecule has 1 unspecified atom stereocenters. The molecule has 10 heteroatoms. The minimum absolute atomic E-state index is 0.0271. The van der Waals surface area contributed by atoms with Crippen LogP contribution in [0.1, 0.15) is 54.6 Å². The second kappa shape index (κ2) is 12.3. The van der Waals surface area contributed by atoms with Gasteiger partial charge in [0.15, 0.2) is 0 Å². The summed E-state index contributed by atoms with van der Waals surface area (Å²) in [5, 5.41) is 3.54. The number of likely N-dealkylation sites (tertiary alicyclic amines) is 1. The lowest BCUT2D eigenvalue weighted by molar-refractivity contribution is 0.0950. The first-order valence-electron chi connectivity index (χ1n) is 14.5. The predicted molar refractivity (Wildman–Crippen MR) is 165 cm³/mol. The van der Waals surface area contributed by atoms with Crippen molar-refractivity contribution in [2.45, 2.75) is 56.0 Å². The molecule has 5 rings (SSSR count). The quantitative estimate of drug-likeness (QED) is 0.341. The van der Waals surface area contributed by atoms with Crippen LogP contribution in [0.15, 0.2) is 71.6 Å². The molecule has 1 fully saturated rings. The van der Waals surface area contributed by atoms with Crippen LogP contribution in [0, 0.1) is 11.7 Å². The number of sulfonamides is 1. The Morgan fingerprint density at radius 1 is 1.10 bits per heavy atom. The number of hydrogen-bond acceptors (Lipinski definition) is 5. The van der Waals surface area contributed by atoms with Gasteiger partial charge in [0.2, 0.25) is 0 Å². The number of carbonyl (C=O) groups is 1. The average molecular weight is 613 g/mol. The molecular formula is C32H38ClFN4O3S. The average Bonchev–Trinajstić information content (AvgIpc) is 3.26. The zero-order chi connectivity index (χ0) is 30.1. The van der Waals surface area contributed by atoms with Crippen LogP contribution in [0.25, 0.3) is 0 Å². The van der Waals surface area contributed by atoms with Gasteiger partial charge < -0.3 is 16.0 Å². The summed E-state index contributed by atoms with van der Waals surface area (Å²) in [7, 11) is -4.03. The number of amides is 1. The maximum atomic E-state index is 14.3. The summed E-state index contributed by atoms with van der Waals surface area (Å²) in [6.07, 6.45) is 2.39. The SMILES string of the molecule is CC(C)C1N(S(=O)(=O)c2ccc(F)cc2)c2ccc(C(=O)NCc3ccccc3Cl)cc2C12CCN(CCCN)CC2. The van der Waals surface area contributed by atoms with Crippen LogP contribution < -0.4 is 15.4 Å². The van der Waals surface area contributed by atoms with Crippen LogP contribution in [0.2, 0.25) is 5.02 Å². The summed E-state index contributed by atoms with van der Waals surface area (Å²) in [6.45, 7) is 7.49. The molecule has 0 radical (unpaired) electrons. The molecule has 1 spiro atoms. The van der Waals surface area contributed by atoms with Crippen molar-refractivity contribution in [3.63, 3.8) is 0 Å². The van der Waals surface area contributed by atoms with Crippen molar-refractivity contribution in [3.8, 4) is 0 Å². The molecule has 3 aromatic rings. The molecule has 2 aliphatic rings. The third kappa shape index (κ3) is 5.67. The van der Waals surface area contributed by atoms with E-state index < -0.39 is 21.3 Å². The fraction of sp³-hybridized carbons (Fsp3) is 0.406. The standard InChI is InChI=1S/C32H38ClFN4O3S/c1-22(2)30-32(14-18-37(19-15-32)17-5-16-35)27-20-23(31(39)36-21-24-6-3-4-7-28(24)33)8-13-29(27)38(30)42(40,41)26-11-9-25(34)10-12-26/h3-4,6-13,20,22,30H,5,14-19,21,35H2,1-2H3,(H,36,39). The van der Waals surface area contributed by atoms with Crippen LogP contribution >= 0.6 is 11.6 Å². The van der Waals surface area contributed by atoms with Crippen molar-refractivity contribution >= 4 is 33.2 Å². The van der Waals surface area contributed by atoms with Gasteiger partial charge in [0, 0.05) is 22.5 Å². The molecule has 42 heavy (non-hydrogen) atoms. The molecule has 1 saturated heterocycles. The molecule has 2 aliphatic heterocycles. The number of rotatable bonds is 9. The summed E-state index contributed by atoms with van der Waals surface area (Å²) in [6, 6.07) is 17.3. The smallest absolute Gasteiger partial charge is 0.264 e. The maximum absolute atomic E-state index is 14.3. The second-order valence-electron chi connectivity index (χ2n) is 11.6. The van der Waals surface area contributed by atoms with E-state index in [1.54, 1.807) is 22.5 Å². The van der Waals surface area contributed by atoms with Crippen LogP contribution in [0.5, 0.6) is 0 Å². The molecule has 0 aliphatic carbocycles. The minimum Gasteiger partial charge on any atom is -0.348 e. The van der Waals surface area contributed by atoms with Gasteiger partial charge in [-0.15, -0.1) is 0 Å². The van der Waals surface area contributed by atoms with Crippen LogP contribution in [-0.2, 0) is 22.0 Å². The van der Waals surface area contributed by atoms with Crippen LogP contribution in [0.3, 0.4) is 0 Å². The van der Waals surface area contributed by atoms with E-state index in [4.69, 9.17) is 17.3 Å². The lowest BCUT2D eigenvalue weighted by Gasteiger charge is -2.46. The van der Waals surface area contributed by atoms with E-state index in [-0.39, 0.29) is 29.3 Å². The van der Waals surface area contributed by atoms with Crippen molar-refractivity contribution in [1.82, 2.24) is 10.2 Å². The largest absolute Gasteiger partial charge is 0.348 e. The Morgan fingerprint density at radius 3 is 2.43 bits per heavy atom. The summed E-state index contributed by atoms with van der Waals surface area (Å²) < 4.78 is 43.8. The minimum atomic E-state index is -4.03. The lowest BCUT2D eigenvalue weighted by atomic mass is 9.66. The van der Waals surface area contributed by atoms with E-state index in [1.807, 2.05) is 38.1 Å². The summed E-state index contributed by atoms with van der Waals surface area (Å²) in [5.41, 5.74) is 8.00. The van der Waals surface area contributed by atoms with Crippen LogP contribution in [0.4, 0.5) is 10.1 Å². The summed E-state index contributed by atoms with van der Waals surface area (Å²) >= 11 is 6.29. The zero-order valence-electron chi connectivity index (χ0n) is 24.0. The first kappa shape index (κ1) is 30.5. The number of nitrogens with one attached hydrogen (secondary N) is 1. The summed E-state index contributed by atoms with van der Waals surface area (Å²) in [4.78, 5) is 15.8. The molecule has 7 nitrogen and oxygen atoms in total. The third-order valence-corrected chi connectivity index (χ3v) is 10.9. The van der Waals surface area contributed by atoms with Crippen molar-refractivity contribution in [1.29, 1.82) is 0 Å². The number of anilines is 1. The fourth-order valence-electron chi connectivity index (χ4n) is 6.68. The van der Waals surface area contributed by atoms with Crippen molar-refractivity contribution in [3.05, 3.63) is 94.3 Å². The Hall–Kier alpha value is -2.98. The van der Waals surface area contributed by atoms with Gasteiger partial charge in [0.1, 0.15) is 5.82 Å². The Balaban J connectivity index is 1.56. The number of piperidine rings is 1. The van der Waals surface area contributed by atoms with Crippen molar-refractivity contribution in [2.75, 3.05) is 30.5 Å². The highest BCUT2D eigenvalue weighted by molar-refractivity contribution is 7.92. The van der Waals surface area contributed by atoms with Gasteiger partial charge in [-0.05, 0) is 111 Å². The van der Waals surface area contributed by atoms with Gasteiger partial charge in [-0.3, -0.25) is 9.10 Å². The van der Waals surface area contributed by atoms with Gasteiger partial charge in [-0.2, -0.15) is 0 Å². The number of halogens is 2. The Morgan fingerprint density at radius 2 is 1.79 bits per heavy atom. The Bertz CT molecular complexity index is 1540. The van der Waals surface area contributed by atoms with E-state index >= 15 is 0 Å². The maximum Gasteiger partial charge on any atom is 0.264 e. The molecule has 224 valence electrons. The number of hydrogen-bond donors (Lipinski definition) is 2. The number of carbonyl (C=O) groups excluding carboxylic acids is 1. The molecule has 3 aromatic carbocycles. The van der Waals surface area contributed by atoms with E-state index in [1.165, 1.54) is 24.3 Å². The first-order chi connectivity index (χ1) is 20.1. The lowest BCUT2D eigenvalue weighted by Crippen LogP contribution is -2.55. The zero-order valence-corrected chi connectivity index (χ0v) is 25.6. The molecule has 0 bridgehead atoms. The number of benzene rings is 3. The first-order valence-corrected chi connectivity index (χ1v) is 16.3. The molecule has 3 N–H and O–H groups in total.